The van der Waals surface area contributed by atoms with Gasteiger partial charge in [0.1, 0.15) is 5.82 Å². The minimum Gasteiger partial charge on any atom is -0.380 e. The first-order chi connectivity index (χ1) is 8.04. The molecule has 0 aliphatic rings. The Kier molecular flexibility index (Phi) is 6.09. The molecule has 0 radical (unpaired) electrons. The van der Waals surface area contributed by atoms with Crippen molar-refractivity contribution in [3.63, 3.8) is 0 Å². The SMILES string of the molecule is CCOCC(C)NC(C)c1cc(Br)ccc1F. The van der Waals surface area contributed by atoms with Gasteiger partial charge in [0.15, 0.2) is 0 Å². The lowest BCUT2D eigenvalue weighted by Gasteiger charge is -2.20. The molecule has 0 saturated carbocycles. The van der Waals surface area contributed by atoms with Crippen LogP contribution in [0, 0.1) is 5.82 Å². The lowest BCUT2D eigenvalue weighted by Crippen LogP contribution is -2.33. The molecule has 96 valence electrons. The maximum atomic E-state index is 13.6. The molecular weight excluding hydrogens is 285 g/mol. The number of nitrogens with one attached hydrogen (secondary N) is 1. The van der Waals surface area contributed by atoms with Gasteiger partial charge in [0, 0.05) is 28.7 Å². The molecule has 2 unspecified atom stereocenters. The molecule has 1 N–H and O–H groups in total. The van der Waals surface area contributed by atoms with Crippen molar-refractivity contribution in [1.29, 1.82) is 0 Å². The van der Waals surface area contributed by atoms with E-state index < -0.39 is 0 Å². The van der Waals surface area contributed by atoms with Gasteiger partial charge < -0.3 is 10.1 Å². The van der Waals surface area contributed by atoms with Gasteiger partial charge in [-0.25, -0.2) is 4.39 Å². The Morgan fingerprint density at radius 1 is 1.41 bits per heavy atom. The van der Waals surface area contributed by atoms with E-state index in [1.807, 2.05) is 20.8 Å². The molecular formula is C13H19BrFNO. The molecule has 17 heavy (non-hydrogen) atoms. The first kappa shape index (κ1) is 14.6. The van der Waals surface area contributed by atoms with Crippen LogP contribution in [0.4, 0.5) is 4.39 Å². The van der Waals surface area contributed by atoms with E-state index in [0.717, 1.165) is 4.47 Å². The van der Waals surface area contributed by atoms with E-state index in [1.165, 1.54) is 6.07 Å². The van der Waals surface area contributed by atoms with E-state index >= 15 is 0 Å². The van der Waals surface area contributed by atoms with Crippen molar-refractivity contribution >= 4 is 15.9 Å². The predicted octanol–water partition coefficient (Wildman–Crippen LogP) is 3.66. The van der Waals surface area contributed by atoms with Crippen molar-refractivity contribution in [3.05, 3.63) is 34.1 Å². The van der Waals surface area contributed by atoms with Gasteiger partial charge >= 0.3 is 0 Å². The van der Waals surface area contributed by atoms with Gasteiger partial charge in [-0.1, -0.05) is 15.9 Å². The van der Waals surface area contributed by atoms with Crippen molar-refractivity contribution in [3.8, 4) is 0 Å². The van der Waals surface area contributed by atoms with Crippen LogP contribution in [-0.2, 0) is 4.74 Å². The lowest BCUT2D eigenvalue weighted by molar-refractivity contribution is 0.124. The minimum atomic E-state index is -0.184. The number of rotatable bonds is 6. The molecule has 0 heterocycles. The Morgan fingerprint density at radius 3 is 2.76 bits per heavy atom. The zero-order valence-corrected chi connectivity index (χ0v) is 12.1. The van der Waals surface area contributed by atoms with Crippen LogP contribution < -0.4 is 5.32 Å². The topological polar surface area (TPSA) is 21.3 Å². The van der Waals surface area contributed by atoms with Crippen molar-refractivity contribution < 1.29 is 9.13 Å². The highest BCUT2D eigenvalue weighted by atomic mass is 79.9. The van der Waals surface area contributed by atoms with Crippen LogP contribution in [-0.4, -0.2) is 19.3 Å². The smallest absolute Gasteiger partial charge is 0.128 e. The summed E-state index contributed by atoms with van der Waals surface area (Å²) in [6.45, 7) is 7.28. The number of hydrogen-bond acceptors (Lipinski definition) is 2. The van der Waals surface area contributed by atoms with E-state index in [4.69, 9.17) is 4.74 Å². The molecule has 2 nitrogen and oxygen atoms in total. The second kappa shape index (κ2) is 7.09. The molecule has 1 aromatic carbocycles. The van der Waals surface area contributed by atoms with Crippen LogP contribution >= 0.6 is 15.9 Å². The highest BCUT2D eigenvalue weighted by Gasteiger charge is 2.13. The zero-order valence-electron chi connectivity index (χ0n) is 10.5. The molecule has 1 rings (SSSR count). The second-order valence-corrected chi connectivity index (χ2v) is 5.03. The molecule has 0 spiro atoms. The summed E-state index contributed by atoms with van der Waals surface area (Å²) in [6.07, 6.45) is 0. The summed E-state index contributed by atoms with van der Waals surface area (Å²) in [5.41, 5.74) is 0.669. The zero-order chi connectivity index (χ0) is 12.8. The maximum Gasteiger partial charge on any atom is 0.128 e. The third-order valence-electron chi connectivity index (χ3n) is 2.53. The fourth-order valence-electron chi connectivity index (χ4n) is 1.71. The van der Waals surface area contributed by atoms with Crippen LogP contribution in [0.15, 0.2) is 22.7 Å². The number of hydrogen-bond donors (Lipinski definition) is 1. The van der Waals surface area contributed by atoms with Gasteiger partial charge in [0.2, 0.25) is 0 Å². The highest BCUT2D eigenvalue weighted by Crippen LogP contribution is 2.21. The Labute approximate surface area is 111 Å². The summed E-state index contributed by atoms with van der Waals surface area (Å²) in [4.78, 5) is 0. The molecule has 0 bridgehead atoms. The average molecular weight is 304 g/mol. The van der Waals surface area contributed by atoms with Crippen molar-refractivity contribution in [1.82, 2.24) is 5.32 Å². The number of ether oxygens (including phenoxy) is 1. The van der Waals surface area contributed by atoms with Crippen LogP contribution in [0.25, 0.3) is 0 Å². The van der Waals surface area contributed by atoms with Gasteiger partial charge in [-0.05, 0) is 39.0 Å². The van der Waals surface area contributed by atoms with E-state index in [1.54, 1.807) is 12.1 Å². The van der Waals surface area contributed by atoms with Crippen molar-refractivity contribution in [2.75, 3.05) is 13.2 Å². The molecule has 1 aromatic rings. The van der Waals surface area contributed by atoms with E-state index in [0.29, 0.717) is 18.8 Å². The highest BCUT2D eigenvalue weighted by molar-refractivity contribution is 9.10. The quantitative estimate of drug-likeness (QED) is 0.866. The number of benzene rings is 1. The standard InChI is InChI=1S/C13H19BrFNO/c1-4-17-8-9(2)16-10(3)12-7-11(14)5-6-13(12)15/h5-7,9-10,16H,4,8H2,1-3H3. The minimum absolute atomic E-state index is 0.0389. The monoisotopic (exact) mass is 303 g/mol. The molecule has 4 heteroatoms. The summed E-state index contributed by atoms with van der Waals surface area (Å²) in [5, 5.41) is 3.31. The number of halogens is 2. The Hall–Kier alpha value is -0.450. The van der Waals surface area contributed by atoms with Crippen LogP contribution in [0.2, 0.25) is 0 Å². The molecule has 0 saturated heterocycles. The fourth-order valence-corrected chi connectivity index (χ4v) is 2.08. The Morgan fingerprint density at radius 2 is 2.12 bits per heavy atom. The lowest BCUT2D eigenvalue weighted by atomic mass is 10.1. The van der Waals surface area contributed by atoms with Crippen molar-refractivity contribution in [2.24, 2.45) is 0 Å². The largest absolute Gasteiger partial charge is 0.380 e. The molecule has 0 fully saturated rings. The Balaban J connectivity index is 2.62. The Bertz CT molecular complexity index is 359. The van der Waals surface area contributed by atoms with Gasteiger partial charge in [-0.15, -0.1) is 0 Å². The molecule has 0 aliphatic carbocycles. The average Bonchev–Trinajstić information content (AvgIpc) is 2.29. The first-order valence-electron chi connectivity index (χ1n) is 5.83. The third kappa shape index (κ3) is 4.74. The third-order valence-corrected chi connectivity index (χ3v) is 3.02. The van der Waals surface area contributed by atoms with E-state index in [9.17, 15) is 4.39 Å². The molecule has 2 atom stereocenters. The predicted molar refractivity (Wildman–Crippen MR) is 71.6 cm³/mol. The van der Waals surface area contributed by atoms with Crippen molar-refractivity contribution in [2.45, 2.75) is 32.9 Å². The normalized spacial score (nSPS) is 14.6. The van der Waals surface area contributed by atoms with Crippen LogP contribution in [0.3, 0.4) is 0 Å². The van der Waals surface area contributed by atoms with E-state index in [-0.39, 0.29) is 17.9 Å². The summed E-state index contributed by atoms with van der Waals surface area (Å²) in [7, 11) is 0. The van der Waals surface area contributed by atoms with Gasteiger partial charge in [-0.2, -0.15) is 0 Å². The molecule has 0 aromatic heterocycles. The van der Waals surface area contributed by atoms with Gasteiger partial charge in [0.25, 0.3) is 0 Å². The molecule has 0 aliphatic heterocycles. The van der Waals surface area contributed by atoms with E-state index in [2.05, 4.69) is 21.2 Å². The maximum absolute atomic E-state index is 13.6. The summed E-state index contributed by atoms with van der Waals surface area (Å²) >= 11 is 3.35. The summed E-state index contributed by atoms with van der Waals surface area (Å²) in [6, 6.07) is 5.15. The molecule has 0 amide bonds. The second-order valence-electron chi connectivity index (χ2n) is 4.11. The first-order valence-corrected chi connectivity index (χ1v) is 6.62. The van der Waals surface area contributed by atoms with Crippen LogP contribution in [0.5, 0.6) is 0 Å². The summed E-state index contributed by atoms with van der Waals surface area (Å²) < 4.78 is 19.8. The van der Waals surface area contributed by atoms with Gasteiger partial charge in [0.05, 0.1) is 6.61 Å². The fraction of sp³-hybridized carbons (Fsp3) is 0.538. The van der Waals surface area contributed by atoms with Crippen LogP contribution in [0.1, 0.15) is 32.4 Å². The summed E-state index contributed by atoms with van der Waals surface area (Å²) in [5.74, 6) is -0.184. The van der Waals surface area contributed by atoms with Gasteiger partial charge in [-0.3, -0.25) is 0 Å².